The molecule has 0 aliphatic carbocycles. The van der Waals surface area contributed by atoms with Gasteiger partial charge in [0.15, 0.2) is 0 Å². The third kappa shape index (κ3) is 1.68. The van der Waals surface area contributed by atoms with Gasteiger partial charge in [-0.3, -0.25) is 0 Å². The highest BCUT2D eigenvalue weighted by Crippen LogP contribution is 2.32. The van der Waals surface area contributed by atoms with E-state index in [0.717, 1.165) is 5.76 Å². The number of hydrogen-bond acceptors (Lipinski definition) is 1. The Balaban J connectivity index is 2.17. The number of nitrogens with zero attached hydrogens (tertiary/aromatic N) is 2. The first kappa shape index (κ1) is 11.0. The summed E-state index contributed by atoms with van der Waals surface area (Å²) in [6.07, 6.45) is 5.86. The van der Waals surface area contributed by atoms with E-state index in [4.69, 9.17) is 4.42 Å². The Morgan fingerprint density at radius 2 is 1.50 bits per heavy atom. The molecule has 0 bridgehead atoms. The van der Waals surface area contributed by atoms with E-state index in [1.54, 1.807) is 6.26 Å². The fraction of sp³-hybridized carbons (Fsp3) is 0.200. The maximum Gasteiger partial charge on any atom is 0.118 e. The third-order valence-corrected chi connectivity index (χ3v) is 3.39. The Hall–Kier alpha value is -2.16. The van der Waals surface area contributed by atoms with Crippen LogP contribution in [0.25, 0.3) is 0 Å². The number of rotatable bonds is 3. The summed E-state index contributed by atoms with van der Waals surface area (Å²) < 4.78 is 9.90. The van der Waals surface area contributed by atoms with Crippen molar-refractivity contribution in [2.75, 3.05) is 0 Å². The average molecular weight is 240 g/mol. The van der Waals surface area contributed by atoms with Gasteiger partial charge in [0, 0.05) is 37.9 Å². The molecule has 0 spiro atoms. The van der Waals surface area contributed by atoms with Gasteiger partial charge in [0.1, 0.15) is 5.76 Å². The van der Waals surface area contributed by atoms with Crippen LogP contribution in [0.5, 0.6) is 0 Å². The van der Waals surface area contributed by atoms with Crippen molar-refractivity contribution in [1.29, 1.82) is 0 Å². The van der Waals surface area contributed by atoms with Gasteiger partial charge in [-0.1, -0.05) is 0 Å². The number of hydrogen-bond donors (Lipinski definition) is 0. The van der Waals surface area contributed by atoms with Gasteiger partial charge < -0.3 is 13.6 Å². The molecule has 0 saturated heterocycles. The smallest absolute Gasteiger partial charge is 0.118 e. The molecule has 3 aromatic rings. The van der Waals surface area contributed by atoms with Crippen LogP contribution in [-0.4, -0.2) is 9.13 Å². The van der Waals surface area contributed by atoms with Gasteiger partial charge >= 0.3 is 0 Å². The molecule has 18 heavy (non-hydrogen) atoms. The second-order valence-electron chi connectivity index (χ2n) is 4.54. The molecule has 0 aliphatic heterocycles. The highest BCUT2D eigenvalue weighted by atomic mass is 16.3. The fourth-order valence-electron chi connectivity index (χ4n) is 2.45. The number of aryl methyl sites for hydroxylation is 2. The van der Waals surface area contributed by atoms with Gasteiger partial charge in [0.05, 0.1) is 12.2 Å². The highest BCUT2D eigenvalue weighted by Gasteiger charge is 2.23. The summed E-state index contributed by atoms with van der Waals surface area (Å²) in [5, 5.41) is 0. The number of aromatic nitrogens is 2. The zero-order valence-electron chi connectivity index (χ0n) is 10.6. The molecular weight excluding hydrogens is 224 g/mol. The Kier molecular flexibility index (Phi) is 2.59. The minimum Gasteiger partial charge on any atom is -0.468 e. The summed E-state index contributed by atoms with van der Waals surface area (Å²) in [6, 6.07) is 12.4. The first-order valence-electron chi connectivity index (χ1n) is 6.03. The predicted octanol–water partition coefficient (Wildman–Crippen LogP) is 3.14. The van der Waals surface area contributed by atoms with Gasteiger partial charge in [-0.25, -0.2) is 0 Å². The maximum atomic E-state index is 5.63. The van der Waals surface area contributed by atoms with E-state index in [1.807, 2.05) is 12.1 Å². The van der Waals surface area contributed by atoms with Crippen molar-refractivity contribution in [1.82, 2.24) is 9.13 Å². The normalized spacial score (nSPS) is 11.3. The van der Waals surface area contributed by atoms with Crippen molar-refractivity contribution in [3.8, 4) is 0 Å². The quantitative estimate of drug-likeness (QED) is 0.689. The lowest BCUT2D eigenvalue weighted by Gasteiger charge is -2.17. The molecule has 0 fully saturated rings. The van der Waals surface area contributed by atoms with E-state index < -0.39 is 0 Å². The minimum absolute atomic E-state index is 0.139. The Labute approximate surface area is 106 Å². The van der Waals surface area contributed by atoms with Crippen molar-refractivity contribution in [2.45, 2.75) is 5.92 Å². The lowest BCUT2D eigenvalue weighted by Crippen LogP contribution is -2.10. The maximum absolute atomic E-state index is 5.63. The van der Waals surface area contributed by atoms with Gasteiger partial charge in [-0.2, -0.15) is 0 Å². The van der Waals surface area contributed by atoms with E-state index in [2.05, 4.69) is 59.9 Å². The van der Waals surface area contributed by atoms with Crippen LogP contribution in [0.3, 0.4) is 0 Å². The van der Waals surface area contributed by atoms with Crippen molar-refractivity contribution < 1.29 is 4.42 Å². The second-order valence-corrected chi connectivity index (χ2v) is 4.54. The van der Waals surface area contributed by atoms with Crippen molar-refractivity contribution >= 4 is 0 Å². The van der Waals surface area contributed by atoms with Crippen LogP contribution in [0.2, 0.25) is 0 Å². The minimum atomic E-state index is 0.139. The fourth-order valence-corrected chi connectivity index (χ4v) is 2.45. The molecule has 0 unspecified atom stereocenters. The summed E-state index contributed by atoms with van der Waals surface area (Å²) in [7, 11) is 4.13. The first-order valence-corrected chi connectivity index (χ1v) is 6.03. The summed E-state index contributed by atoms with van der Waals surface area (Å²) >= 11 is 0. The molecule has 0 atom stereocenters. The van der Waals surface area contributed by atoms with E-state index in [9.17, 15) is 0 Å². The van der Waals surface area contributed by atoms with Gasteiger partial charge in [-0.05, 0) is 36.4 Å². The highest BCUT2D eigenvalue weighted by molar-refractivity contribution is 5.34. The Morgan fingerprint density at radius 1 is 0.889 bits per heavy atom. The molecule has 0 aromatic carbocycles. The predicted molar refractivity (Wildman–Crippen MR) is 70.5 cm³/mol. The van der Waals surface area contributed by atoms with Crippen LogP contribution in [0.1, 0.15) is 23.1 Å². The molecule has 92 valence electrons. The summed E-state index contributed by atoms with van der Waals surface area (Å²) in [6.45, 7) is 0. The molecule has 0 saturated carbocycles. The Morgan fingerprint density at radius 3 is 1.89 bits per heavy atom. The van der Waals surface area contributed by atoms with Gasteiger partial charge in [0.25, 0.3) is 0 Å². The van der Waals surface area contributed by atoms with Crippen molar-refractivity contribution in [3.05, 3.63) is 72.2 Å². The largest absolute Gasteiger partial charge is 0.468 e. The standard InChI is InChI=1S/C15H16N2O/c1-16-9-3-6-12(16)15(14-8-5-11-18-14)13-7-4-10-17(13)2/h3-11,15H,1-2H3. The molecule has 3 heteroatoms. The lowest BCUT2D eigenvalue weighted by atomic mass is 9.98. The monoisotopic (exact) mass is 240 g/mol. The van der Waals surface area contributed by atoms with E-state index in [0.29, 0.717) is 0 Å². The third-order valence-electron chi connectivity index (χ3n) is 3.39. The lowest BCUT2D eigenvalue weighted by molar-refractivity contribution is 0.490. The van der Waals surface area contributed by atoms with E-state index in [1.165, 1.54) is 11.4 Å². The molecule has 0 N–H and O–H groups in total. The molecule has 0 aliphatic rings. The van der Waals surface area contributed by atoms with Gasteiger partial charge in [-0.15, -0.1) is 0 Å². The SMILES string of the molecule is Cn1cccc1C(c1ccco1)c1cccn1C. The van der Waals surface area contributed by atoms with Crippen LogP contribution in [0.4, 0.5) is 0 Å². The molecule has 0 radical (unpaired) electrons. The molecular formula is C15H16N2O. The van der Waals surface area contributed by atoms with E-state index in [-0.39, 0.29) is 5.92 Å². The Bertz CT molecular complexity index is 591. The second kappa shape index (κ2) is 4.26. The summed E-state index contributed by atoms with van der Waals surface area (Å²) in [5.74, 6) is 1.11. The van der Waals surface area contributed by atoms with Crippen molar-refractivity contribution in [3.63, 3.8) is 0 Å². The first-order chi connectivity index (χ1) is 8.77. The topological polar surface area (TPSA) is 23.0 Å². The van der Waals surface area contributed by atoms with Gasteiger partial charge in [0.2, 0.25) is 0 Å². The molecule has 3 rings (SSSR count). The van der Waals surface area contributed by atoms with Crippen LogP contribution >= 0.6 is 0 Å². The molecule has 3 heterocycles. The summed E-state index contributed by atoms with van der Waals surface area (Å²) in [4.78, 5) is 0. The van der Waals surface area contributed by atoms with Crippen molar-refractivity contribution in [2.24, 2.45) is 14.1 Å². The van der Waals surface area contributed by atoms with Crippen LogP contribution in [0, 0.1) is 0 Å². The van der Waals surface area contributed by atoms with Crippen LogP contribution < -0.4 is 0 Å². The molecule has 3 aromatic heterocycles. The van der Waals surface area contributed by atoms with Crippen LogP contribution in [-0.2, 0) is 14.1 Å². The average Bonchev–Trinajstić information content (AvgIpc) is 3.05. The summed E-state index contributed by atoms with van der Waals surface area (Å²) in [5.41, 5.74) is 2.46. The van der Waals surface area contributed by atoms with E-state index >= 15 is 0 Å². The molecule has 3 nitrogen and oxygen atoms in total. The zero-order valence-corrected chi connectivity index (χ0v) is 10.6. The van der Waals surface area contributed by atoms with Crippen LogP contribution in [0.15, 0.2) is 59.5 Å². The zero-order chi connectivity index (χ0) is 12.5. The number of furan rings is 1. The molecule has 0 amide bonds.